The van der Waals surface area contributed by atoms with Crippen molar-refractivity contribution in [1.82, 2.24) is 0 Å². The Bertz CT molecular complexity index is 280. The van der Waals surface area contributed by atoms with Gasteiger partial charge < -0.3 is 23.1 Å². The zero-order valence-electron chi connectivity index (χ0n) is 14.1. The number of aliphatic hydroxyl groups excluding tert-OH is 1. The van der Waals surface area contributed by atoms with Crippen LogP contribution in [0.2, 0.25) is 6.04 Å². The molecule has 0 aromatic carbocycles. The highest BCUT2D eigenvalue weighted by Crippen LogP contribution is 2.32. The lowest BCUT2D eigenvalue weighted by molar-refractivity contribution is -0.347. The molecule has 0 spiro atoms. The molecule has 0 heterocycles. The Morgan fingerprint density at radius 3 is 2.27 bits per heavy atom. The Morgan fingerprint density at radius 2 is 1.68 bits per heavy atom. The van der Waals surface area contributed by atoms with Crippen LogP contribution in [0.25, 0.3) is 0 Å². The van der Waals surface area contributed by atoms with Crippen LogP contribution in [0.5, 0.6) is 0 Å². The molecule has 7 nitrogen and oxygen atoms in total. The first-order valence-corrected chi connectivity index (χ1v) is 9.64. The van der Waals surface area contributed by atoms with Gasteiger partial charge in [-0.05, 0) is 31.6 Å². The molecular formula is C14H30O7Si. The van der Waals surface area contributed by atoms with Crippen molar-refractivity contribution in [1.29, 1.82) is 0 Å². The van der Waals surface area contributed by atoms with E-state index < -0.39 is 14.9 Å². The zero-order chi connectivity index (χ0) is 16.4. The van der Waals surface area contributed by atoms with Crippen LogP contribution in [-0.2, 0) is 27.8 Å². The second kappa shape index (κ2) is 10.7. The standard InChI is InChI=1S/C14H30O7Si/c1-16-8-9-20-21-14-11-12(5-6-13(14)15)7-10-22(17-2,18-3)19-4/h12-15H,5-11H2,1-4H3. The molecule has 1 fully saturated rings. The van der Waals surface area contributed by atoms with Gasteiger partial charge in [-0.25, -0.2) is 9.78 Å². The van der Waals surface area contributed by atoms with Crippen molar-refractivity contribution < 1.29 is 32.9 Å². The van der Waals surface area contributed by atoms with E-state index in [2.05, 4.69) is 0 Å². The lowest BCUT2D eigenvalue weighted by atomic mass is 9.84. The third-order valence-corrected chi connectivity index (χ3v) is 6.99. The quantitative estimate of drug-likeness (QED) is 0.264. The van der Waals surface area contributed by atoms with Crippen LogP contribution >= 0.6 is 0 Å². The molecule has 22 heavy (non-hydrogen) atoms. The number of rotatable bonds is 11. The van der Waals surface area contributed by atoms with E-state index in [0.717, 1.165) is 25.3 Å². The maximum atomic E-state index is 10.0. The summed E-state index contributed by atoms with van der Waals surface area (Å²) >= 11 is 0. The maximum Gasteiger partial charge on any atom is 0.500 e. The van der Waals surface area contributed by atoms with E-state index in [9.17, 15) is 5.11 Å². The maximum absolute atomic E-state index is 10.0. The van der Waals surface area contributed by atoms with Crippen LogP contribution < -0.4 is 0 Å². The van der Waals surface area contributed by atoms with Gasteiger partial charge in [-0.3, -0.25) is 0 Å². The summed E-state index contributed by atoms with van der Waals surface area (Å²) < 4.78 is 21.2. The van der Waals surface area contributed by atoms with E-state index in [1.54, 1.807) is 28.4 Å². The molecule has 3 atom stereocenters. The molecule has 1 N–H and O–H groups in total. The smallest absolute Gasteiger partial charge is 0.390 e. The number of aliphatic hydroxyl groups is 1. The molecule has 0 aromatic rings. The van der Waals surface area contributed by atoms with Crippen molar-refractivity contribution in [2.45, 2.75) is 43.9 Å². The van der Waals surface area contributed by atoms with Gasteiger partial charge in [0.25, 0.3) is 0 Å². The molecule has 0 saturated heterocycles. The highest BCUT2D eigenvalue weighted by Gasteiger charge is 2.39. The third-order valence-electron chi connectivity index (χ3n) is 4.22. The summed E-state index contributed by atoms with van der Waals surface area (Å²) in [6.45, 7) is 0.827. The topological polar surface area (TPSA) is 75.6 Å². The molecule has 1 rings (SSSR count). The molecule has 0 amide bonds. The summed E-state index contributed by atoms with van der Waals surface area (Å²) in [7, 11) is 3.95. The van der Waals surface area contributed by atoms with Gasteiger partial charge in [0.1, 0.15) is 12.7 Å². The van der Waals surface area contributed by atoms with E-state index in [4.69, 9.17) is 27.8 Å². The molecule has 1 saturated carbocycles. The first-order valence-electron chi connectivity index (χ1n) is 7.71. The number of hydrogen-bond acceptors (Lipinski definition) is 7. The van der Waals surface area contributed by atoms with Crippen molar-refractivity contribution in [3.05, 3.63) is 0 Å². The van der Waals surface area contributed by atoms with Crippen LogP contribution in [0.3, 0.4) is 0 Å². The minimum absolute atomic E-state index is 0.292. The molecule has 0 aromatic heterocycles. The van der Waals surface area contributed by atoms with E-state index in [0.29, 0.717) is 25.6 Å². The largest absolute Gasteiger partial charge is 0.500 e. The van der Waals surface area contributed by atoms with Crippen molar-refractivity contribution in [3.63, 3.8) is 0 Å². The van der Waals surface area contributed by atoms with Gasteiger partial charge in [-0.15, -0.1) is 0 Å². The SMILES string of the molecule is COCCOOC1CC(CC[Si](OC)(OC)OC)CCC1O. The Labute approximate surface area is 134 Å². The van der Waals surface area contributed by atoms with Crippen LogP contribution in [0.15, 0.2) is 0 Å². The van der Waals surface area contributed by atoms with Crippen LogP contribution in [-0.4, -0.2) is 67.8 Å². The van der Waals surface area contributed by atoms with Crippen molar-refractivity contribution >= 4 is 8.80 Å². The minimum atomic E-state index is -2.53. The van der Waals surface area contributed by atoms with Crippen LogP contribution in [0.1, 0.15) is 25.7 Å². The van der Waals surface area contributed by atoms with Gasteiger partial charge in [0, 0.05) is 34.5 Å². The van der Waals surface area contributed by atoms with E-state index in [1.165, 1.54) is 0 Å². The lowest BCUT2D eigenvalue weighted by Crippen LogP contribution is -2.43. The van der Waals surface area contributed by atoms with E-state index >= 15 is 0 Å². The van der Waals surface area contributed by atoms with Gasteiger partial charge in [-0.2, -0.15) is 0 Å². The van der Waals surface area contributed by atoms with Crippen LogP contribution in [0, 0.1) is 5.92 Å². The summed E-state index contributed by atoms with van der Waals surface area (Å²) in [6.07, 6.45) is 2.58. The second-order valence-corrected chi connectivity index (χ2v) is 8.62. The number of ether oxygens (including phenoxy) is 1. The first-order chi connectivity index (χ1) is 10.6. The molecule has 1 aliphatic rings. The normalized spacial score (nSPS) is 26.3. The van der Waals surface area contributed by atoms with E-state index in [1.807, 2.05) is 0 Å². The zero-order valence-corrected chi connectivity index (χ0v) is 15.1. The average molecular weight is 338 g/mol. The van der Waals surface area contributed by atoms with E-state index in [-0.39, 0.29) is 6.10 Å². The van der Waals surface area contributed by atoms with Crippen molar-refractivity contribution in [2.24, 2.45) is 5.92 Å². The fourth-order valence-electron chi connectivity index (χ4n) is 2.75. The van der Waals surface area contributed by atoms with Gasteiger partial charge in [-0.1, -0.05) is 0 Å². The van der Waals surface area contributed by atoms with Gasteiger partial charge in [0.15, 0.2) is 0 Å². The molecule has 3 unspecified atom stereocenters. The Morgan fingerprint density at radius 1 is 1.00 bits per heavy atom. The molecule has 0 bridgehead atoms. The Hall–Kier alpha value is -0.0631. The monoisotopic (exact) mass is 338 g/mol. The summed E-state index contributed by atoms with van der Waals surface area (Å²) in [4.78, 5) is 10.4. The third kappa shape index (κ3) is 6.21. The number of hydrogen-bond donors (Lipinski definition) is 1. The van der Waals surface area contributed by atoms with Crippen molar-refractivity contribution in [2.75, 3.05) is 41.7 Å². The average Bonchev–Trinajstić information content (AvgIpc) is 2.55. The fraction of sp³-hybridized carbons (Fsp3) is 1.00. The summed E-state index contributed by atoms with van der Waals surface area (Å²) in [5, 5.41) is 10.0. The first kappa shape index (κ1) is 20.0. The summed E-state index contributed by atoms with van der Waals surface area (Å²) in [5.41, 5.74) is 0. The van der Waals surface area contributed by atoms with Crippen molar-refractivity contribution in [3.8, 4) is 0 Å². The van der Waals surface area contributed by atoms with Gasteiger partial charge in [0.2, 0.25) is 0 Å². The minimum Gasteiger partial charge on any atom is -0.390 e. The summed E-state index contributed by atoms with van der Waals surface area (Å²) in [6, 6.07) is 0.758. The molecule has 0 radical (unpaired) electrons. The number of methoxy groups -OCH3 is 1. The van der Waals surface area contributed by atoms with Gasteiger partial charge >= 0.3 is 8.80 Å². The Kier molecular flexibility index (Phi) is 9.68. The van der Waals surface area contributed by atoms with Crippen LogP contribution in [0.4, 0.5) is 0 Å². The second-order valence-electron chi connectivity index (χ2n) is 5.53. The highest BCUT2D eigenvalue weighted by atomic mass is 28.4. The predicted octanol–water partition coefficient (Wildman–Crippen LogP) is 1.38. The molecule has 1 aliphatic carbocycles. The summed E-state index contributed by atoms with van der Waals surface area (Å²) in [5.74, 6) is 0.437. The molecule has 0 aliphatic heterocycles. The highest BCUT2D eigenvalue weighted by molar-refractivity contribution is 6.60. The predicted molar refractivity (Wildman–Crippen MR) is 82.3 cm³/mol. The lowest BCUT2D eigenvalue weighted by Gasteiger charge is -2.33. The Balaban J connectivity index is 2.38. The molecular weight excluding hydrogens is 308 g/mol. The molecule has 132 valence electrons. The fourth-order valence-corrected chi connectivity index (χ4v) is 4.63. The molecule has 8 heteroatoms. The van der Waals surface area contributed by atoms with Gasteiger partial charge in [0.05, 0.1) is 12.7 Å².